The molecule has 0 unspecified atom stereocenters. The van der Waals surface area contributed by atoms with Crippen molar-refractivity contribution >= 4 is 39.1 Å². The van der Waals surface area contributed by atoms with E-state index in [2.05, 4.69) is 5.32 Å². The quantitative estimate of drug-likeness (QED) is 0.636. The molecule has 0 saturated carbocycles. The summed E-state index contributed by atoms with van der Waals surface area (Å²) in [5.74, 6) is -0.679. The summed E-state index contributed by atoms with van der Waals surface area (Å²) < 4.78 is 27.6. The fourth-order valence-corrected chi connectivity index (χ4v) is 6.25. The summed E-state index contributed by atoms with van der Waals surface area (Å²) in [6, 6.07) is 11.1. The number of nitrogens with zero attached hydrogens (tertiary/aromatic N) is 2. The molecule has 2 aromatic rings. The topological polar surface area (TPSA) is 86.8 Å². The number of carbonyl (C=O) groups is 2. The maximum absolute atomic E-state index is 13.2. The third-order valence-electron chi connectivity index (χ3n) is 6.43. The van der Waals surface area contributed by atoms with E-state index in [4.69, 9.17) is 11.6 Å². The molecule has 2 aromatic carbocycles. The zero-order valence-electron chi connectivity index (χ0n) is 19.1. The Morgan fingerprint density at radius 3 is 2.12 bits per heavy atom. The Hall–Kier alpha value is -2.42. The van der Waals surface area contributed by atoms with Gasteiger partial charge in [0.2, 0.25) is 10.0 Å². The molecule has 34 heavy (non-hydrogen) atoms. The normalized spacial score (nSPS) is 17.7. The van der Waals surface area contributed by atoms with Crippen LogP contribution in [0.5, 0.6) is 0 Å². The number of carbonyl (C=O) groups excluding carboxylic acids is 2. The van der Waals surface area contributed by atoms with Gasteiger partial charge in [-0.25, -0.2) is 8.42 Å². The monoisotopic (exact) mass is 503 g/mol. The summed E-state index contributed by atoms with van der Waals surface area (Å²) in [5, 5.41) is 2.93. The lowest BCUT2D eigenvalue weighted by Crippen LogP contribution is -2.35. The number of piperidine rings is 1. The predicted octanol–water partition coefficient (Wildman–Crippen LogP) is 4.78. The molecule has 0 bridgehead atoms. The van der Waals surface area contributed by atoms with Crippen LogP contribution in [0, 0.1) is 0 Å². The van der Waals surface area contributed by atoms with Gasteiger partial charge in [0.25, 0.3) is 11.8 Å². The molecule has 0 aliphatic carbocycles. The molecule has 9 heteroatoms. The van der Waals surface area contributed by atoms with Crippen molar-refractivity contribution in [1.29, 1.82) is 0 Å². The largest absolute Gasteiger partial charge is 0.339 e. The van der Waals surface area contributed by atoms with Crippen LogP contribution >= 0.6 is 11.6 Å². The standard InChI is InChI=1S/C25H30ClN3O4S/c26-22-13-12-19(34(32,33)29-16-8-3-9-17-29)18-21(22)24(30)27-23-11-5-4-10-20(23)25(31)28-14-6-1-2-7-15-28/h4-5,10-13,18H,1-3,6-9,14-17H2,(H,27,30). The first-order valence-electron chi connectivity index (χ1n) is 11.9. The highest BCUT2D eigenvalue weighted by molar-refractivity contribution is 7.89. The van der Waals surface area contributed by atoms with Crippen molar-refractivity contribution in [3.8, 4) is 0 Å². The molecule has 0 aromatic heterocycles. The smallest absolute Gasteiger partial charge is 0.257 e. The van der Waals surface area contributed by atoms with E-state index in [0.717, 1.165) is 44.9 Å². The van der Waals surface area contributed by atoms with E-state index in [1.54, 1.807) is 24.3 Å². The van der Waals surface area contributed by atoms with Crippen molar-refractivity contribution in [1.82, 2.24) is 9.21 Å². The summed E-state index contributed by atoms with van der Waals surface area (Å²) in [7, 11) is -3.71. The Labute approximate surface area is 206 Å². The molecule has 7 nitrogen and oxygen atoms in total. The van der Waals surface area contributed by atoms with Crippen molar-refractivity contribution in [2.45, 2.75) is 49.8 Å². The van der Waals surface area contributed by atoms with Crippen LogP contribution in [0.15, 0.2) is 47.4 Å². The molecule has 2 amide bonds. The molecule has 0 atom stereocenters. The van der Waals surface area contributed by atoms with Gasteiger partial charge in [0, 0.05) is 26.2 Å². The van der Waals surface area contributed by atoms with Gasteiger partial charge in [0.15, 0.2) is 0 Å². The van der Waals surface area contributed by atoms with Gasteiger partial charge in [-0.3, -0.25) is 9.59 Å². The molecule has 182 valence electrons. The first kappa shape index (κ1) is 24.7. The lowest BCUT2D eigenvalue weighted by atomic mass is 10.1. The molecular formula is C25H30ClN3O4S. The van der Waals surface area contributed by atoms with Gasteiger partial charge in [-0.05, 0) is 56.0 Å². The van der Waals surface area contributed by atoms with Crippen LogP contribution in [0.2, 0.25) is 5.02 Å². The minimum atomic E-state index is -3.71. The Balaban J connectivity index is 1.58. The van der Waals surface area contributed by atoms with Crippen LogP contribution in [0.4, 0.5) is 5.69 Å². The van der Waals surface area contributed by atoms with E-state index in [1.807, 2.05) is 4.90 Å². The Bertz CT molecular complexity index is 1150. The van der Waals surface area contributed by atoms with Gasteiger partial charge in [-0.15, -0.1) is 0 Å². The summed E-state index contributed by atoms with van der Waals surface area (Å²) in [4.78, 5) is 28.2. The van der Waals surface area contributed by atoms with Crippen LogP contribution in [0.3, 0.4) is 0 Å². The number of halogens is 1. The van der Waals surface area contributed by atoms with E-state index < -0.39 is 15.9 Å². The second-order valence-corrected chi connectivity index (χ2v) is 11.2. The van der Waals surface area contributed by atoms with E-state index >= 15 is 0 Å². The highest BCUT2D eigenvalue weighted by Gasteiger charge is 2.28. The number of benzene rings is 2. The number of para-hydroxylation sites is 1. The van der Waals surface area contributed by atoms with Crippen molar-refractivity contribution in [2.75, 3.05) is 31.5 Å². The number of hydrogen-bond donors (Lipinski definition) is 1. The summed E-state index contributed by atoms with van der Waals surface area (Å²) >= 11 is 6.29. The lowest BCUT2D eigenvalue weighted by Gasteiger charge is -2.26. The lowest BCUT2D eigenvalue weighted by molar-refractivity contribution is 0.0762. The molecule has 2 heterocycles. The average Bonchev–Trinajstić information content (AvgIpc) is 3.14. The van der Waals surface area contributed by atoms with Crippen molar-refractivity contribution < 1.29 is 18.0 Å². The third-order valence-corrected chi connectivity index (χ3v) is 8.66. The zero-order chi connectivity index (χ0) is 24.1. The highest BCUT2D eigenvalue weighted by Crippen LogP contribution is 2.27. The van der Waals surface area contributed by atoms with Crippen LogP contribution in [0.1, 0.15) is 65.7 Å². The third kappa shape index (κ3) is 5.45. The number of sulfonamides is 1. The Kier molecular flexibility index (Phi) is 7.91. The number of rotatable bonds is 5. The predicted molar refractivity (Wildman–Crippen MR) is 133 cm³/mol. The minimum absolute atomic E-state index is 0.0397. The van der Waals surface area contributed by atoms with Crippen molar-refractivity contribution in [3.05, 3.63) is 58.6 Å². The van der Waals surface area contributed by atoms with Gasteiger partial charge in [-0.2, -0.15) is 4.31 Å². The molecular weight excluding hydrogens is 474 g/mol. The second-order valence-electron chi connectivity index (χ2n) is 8.81. The van der Waals surface area contributed by atoms with E-state index in [1.165, 1.54) is 22.5 Å². The van der Waals surface area contributed by atoms with E-state index in [9.17, 15) is 18.0 Å². The number of likely N-dealkylation sites (tertiary alicyclic amines) is 1. The molecule has 2 aliphatic heterocycles. The second kappa shape index (κ2) is 10.9. The van der Waals surface area contributed by atoms with Crippen LogP contribution in [0.25, 0.3) is 0 Å². The SMILES string of the molecule is O=C(Nc1ccccc1C(=O)N1CCCCCC1)c1cc(S(=O)(=O)N2CCCCC2)ccc1Cl. The van der Waals surface area contributed by atoms with Crippen LogP contribution < -0.4 is 5.32 Å². The highest BCUT2D eigenvalue weighted by atomic mass is 35.5. The zero-order valence-corrected chi connectivity index (χ0v) is 20.7. The van der Waals surface area contributed by atoms with Crippen LogP contribution in [-0.4, -0.2) is 55.6 Å². The molecule has 1 N–H and O–H groups in total. The molecule has 4 rings (SSSR count). The number of anilines is 1. The van der Waals surface area contributed by atoms with Gasteiger partial charge < -0.3 is 10.2 Å². The van der Waals surface area contributed by atoms with E-state index in [0.29, 0.717) is 37.4 Å². The molecule has 2 aliphatic rings. The van der Waals surface area contributed by atoms with Crippen molar-refractivity contribution in [2.24, 2.45) is 0 Å². The van der Waals surface area contributed by atoms with Gasteiger partial charge in [0.05, 0.1) is 26.7 Å². The number of hydrogen-bond acceptors (Lipinski definition) is 4. The minimum Gasteiger partial charge on any atom is -0.339 e. The summed E-state index contributed by atoms with van der Waals surface area (Å²) in [5.41, 5.74) is 0.838. The molecule has 0 radical (unpaired) electrons. The Morgan fingerprint density at radius 1 is 0.794 bits per heavy atom. The first-order chi connectivity index (χ1) is 16.4. The molecule has 2 fully saturated rings. The number of amides is 2. The number of nitrogens with one attached hydrogen (secondary N) is 1. The first-order valence-corrected chi connectivity index (χ1v) is 13.7. The molecule has 2 saturated heterocycles. The summed E-state index contributed by atoms with van der Waals surface area (Å²) in [6.45, 7) is 2.34. The Morgan fingerprint density at radius 2 is 1.41 bits per heavy atom. The van der Waals surface area contributed by atoms with Gasteiger partial charge >= 0.3 is 0 Å². The van der Waals surface area contributed by atoms with Crippen LogP contribution in [-0.2, 0) is 10.0 Å². The maximum atomic E-state index is 13.2. The van der Waals surface area contributed by atoms with Crippen molar-refractivity contribution in [3.63, 3.8) is 0 Å². The summed E-state index contributed by atoms with van der Waals surface area (Å²) in [6.07, 6.45) is 6.80. The molecule has 0 spiro atoms. The fourth-order valence-electron chi connectivity index (χ4n) is 4.51. The maximum Gasteiger partial charge on any atom is 0.257 e. The van der Waals surface area contributed by atoms with Gasteiger partial charge in [-0.1, -0.05) is 43.0 Å². The fraction of sp³-hybridized carbons (Fsp3) is 0.440. The average molecular weight is 504 g/mol. The van der Waals surface area contributed by atoms with Gasteiger partial charge in [0.1, 0.15) is 0 Å². The van der Waals surface area contributed by atoms with E-state index in [-0.39, 0.29) is 21.4 Å².